The van der Waals surface area contributed by atoms with Gasteiger partial charge in [0.2, 0.25) is 0 Å². The Morgan fingerprint density at radius 2 is 2.44 bits per heavy atom. The smallest absolute Gasteiger partial charge is 0.327 e. The van der Waals surface area contributed by atoms with Crippen molar-refractivity contribution in [3.8, 4) is 0 Å². The molecule has 1 aliphatic heterocycles. The molecule has 2 rings (SSSR count). The van der Waals surface area contributed by atoms with Crippen LogP contribution in [0.5, 0.6) is 0 Å². The van der Waals surface area contributed by atoms with Gasteiger partial charge in [0.05, 0.1) is 5.69 Å². The fourth-order valence-corrected chi connectivity index (χ4v) is 2.02. The molecule has 0 spiro atoms. The highest BCUT2D eigenvalue weighted by molar-refractivity contribution is 5.78. The largest absolute Gasteiger partial charge is 0.480 e. The molecule has 0 aromatic carbocycles. The molecule has 1 unspecified atom stereocenters. The second-order valence-corrected chi connectivity index (χ2v) is 4.06. The summed E-state index contributed by atoms with van der Waals surface area (Å²) in [5.74, 6) is -1.43. The van der Waals surface area contributed by atoms with Crippen LogP contribution in [0.25, 0.3) is 0 Å². The number of carboxylic acids is 1. The minimum Gasteiger partial charge on any atom is -0.480 e. The van der Waals surface area contributed by atoms with Crippen molar-refractivity contribution in [2.24, 2.45) is 0 Å². The van der Waals surface area contributed by atoms with E-state index in [9.17, 15) is 9.18 Å². The number of nitrogens with one attached hydrogen (secondary N) is 1. The number of carbonyl (C=O) groups is 1. The zero-order valence-corrected chi connectivity index (χ0v) is 10.1. The van der Waals surface area contributed by atoms with Gasteiger partial charge < -0.3 is 15.3 Å². The third kappa shape index (κ3) is 2.26. The number of halogens is 1. The Morgan fingerprint density at radius 3 is 3.11 bits per heavy atom. The van der Waals surface area contributed by atoms with Gasteiger partial charge in [-0.3, -0.25) is 0 Å². The van der Waals surface area contributed by atoms with Crippen molar-refractivity contribution < 1.29 is 14.3 Å². The predicted octanol–water partition coefficient (Wildman–Crippen LogP) is 0.0409. The van der Waals surface area contributed by atoms with Crippen LogP contribution in [0.15, 0.2) is 6.33 Å². The van der Waals surface area contributed by atoms with Gasteiger partial charge in [0.25, 0.3) is 0 Å². The van der Waals surface area contributed by atoms with E-state index < -0.39 is 17.8 Å². The molecule has 1 aliphatic rings. The van der Waals surface area contributed by atoms with Gasteiger partial charge in [-0.1, -0.05) is 6.92 Å². The minimum atomic E-state index is -0.988. The van der Waals surface area contributed by atoms with Crippen molar-refractivity contribution >= 4 is 11.8 Å². The van der Waals surface area contributed by atoms with Gasteiger partial charge in [0.1, 0.15) is 12.4 Å². The van der Waals surface area contributed by atoms with Crippen LogP contribution < -0.4 is 10.2 Å². The van der Waals surface area contributed by atoms with Gasteiger partial charge in [-0.05, 0) is 6.42 Å². The third-order valence-electron chi connectivity index (χ3n) is 2.98. The normalized spacial score (nSPS) is 19.9. The van der Waals surface area contributed by atoms with Crippen LogP contribution in [0.2, 0.25) is 0 Å². The summed E-state index contributed by atoms with van der Waals surface area (Å²) in [7, 11) is 0. The van der Waals surface area contributed by atoms with E-state index >= 15 is 0 Å². The highest BCUT2D eigenvalue weighted by Gasteiger charge is 2.31. The number of carboxylic acid groups (broad SMARTS) is 1. The van der Waals surface area contributed by atoms with Crippen LogP contribution in [0, 0.1) is 5.82 Å². The fraction of sp³-hybridized carbons (Fsp3) is 0.545. The molecule has 98 valence electrons. The van der Waals surface area contributed by atoms with E-state index in [0.29, 0.717) is 25.2 Å². The third-order valence-corrected chi connectivity index (χ3v) is 2.98. The number of nitrogens with zero attached hydrogens (tertiary/aromatic N) is 3. The minimum absolute atomic E-state index is 0.0794. The lowest BCUT2D eigenvalue weighted by atomic mass is 10.2. The summed E-state index contributed by atoms with van der Waals surface area (Å²) < 4.78 is 14.1. The van der Waals surface area contributed by atoms with E-state index in [1.165, 1.54) is 11.2 Å². The molecule has 7 heteroatoms. The van der Waals surface area contributed by atoms with Crippen molar-refractivity contribution in [2.75, 3.05) is 24.5 Å². The number of hydrogen-bond acceptors (Lipinski definition) is 5. The molecule has 1 fully saturated rings. The Labute approximate surface area is 104 Å². The molecule has 1 atom stereocenters. The van der Waals surface area contributed by atoms with Gasteiger partial charge in [-0.2, -0.15) is 0 Å². The Kier molecular flexibility index (Phi) is 3.71. The quantitative estimate of drug-likeness (QED) is 0.793. The van der Waals surface area contributed by atoms with Crippen LogP contribution in [0.3, 0.4) is 0 Å². The van der Waals surface area contributed by atoms with Crippen molar-refractivity contribution in [2.45, 2.75) is 19.4 Å². The molecule has 0 radical (unpaired) electrons. The molecule has 1 saturated heterocycles. The highest BCUT2D eigenvalue weighted by Crippen LogP contribution is 2.21. The van der Waals surface area contributed by atoms with Gasteiger partial charge in [-0.25, -0.2) is 19.2 Å². The Morgan fingerprint density at radius 1 is 1.67 bits per heavy atom. The zero-order valence-electron chi connectivity index (χ0n) is 10.1. The molecule has 2 N–H and O–H groups in total. The summed E-state index contributed by atoms with van der Waals surface area (Å²) >= 11 is 0. The van der Waals surface area contributed by atoms with E-state index in [4.69, 9.17) is 5.11 Å². The highest BCUT2D eigenvalue weighted by atomic mass is 19.1. The van der Waals surface area contributed by atoms with Gasteiger partial charge in [0.15, 0.2) is 11.6 Å². The van der Waals surface area contributed by atoms with E-state index in [2.05, 4.69) is 15.3 Å². The molecule has 0 bridgehead atoms. The van der Waals surface area contributed by atoms with Gasteiger partial charge >= 0.3 is 5.97 Å². The first-order valence-corrected chi connectivity index (χ1v) is 5.84. The summed E-state index contributed by atoms with van der Waals surface area (Å²) in [6, 6.07) is -0.798. The maximum absolute atomic E-state index is 14.1. The summed E-state index contributed by atoms with van der Waals surface area (Å²) in [6.07, 6.45) is 1.73. The molecule has 1 aromatic heterocycles. The molecule has 0 aliphatic carbocycles. The lowest BCUT2D eigenvalue weighted by Gasteiger charge is -2.34. The number of hydrogen-bond donors (Lipinski definition) is 2. The van der Waals surface area contributed by atoms with Gasteiger partial charge in [-0.15, -0.1) is 0 Å². The number of piperazine rings is 1. The SMILES string of the molecule is CCc1ncnc(N2CCNCC2C(=O)O)c1F. The number of aromatic nitrogens is 2. The fourth-order valence-electron chi connectivity index (χ4n) is 2.02. The molecular weight excluding hydrogens is 239 g/mol. The molecule has 0 amide bonds. The average Bonchev–Trinajstić information content (AvgIpc) is 2.39. The molecule has 1 aromatic rings. The van der Waals surface area contributed by atoms with Crippen LogP contribution in [-0.4, -0.2) is 46.7 Å². The summed E-state index contributed by atoms with van der Waals surface area (Å²) in [5, 5.41) is 12.1. The Balaban J connectivity index is 2.36. The van der Waals surface area contributed by atoms with Crippen molar-refractivity contribution in [1.82, 2.24) is 15.3 Å². The van der Waals surface area contributed by atoms with Crippen LogP contribution in [0.1, 0.15) is 12.6 Å². The summed E-state index contributed by atoms with van der Waals surface area (Å²) in [6.45, 7) is 3.09. The molecule has 2 heterocycles. The van der Waals surface area contributed by atoms with Crippen LogP contribution >= 0.6 is 0 Å². The molecular formula is C11H15FN4O2. The zero-order chi connectivity index (χ0) is 13.1. The topological polar surface area (TPSA) is 78.4 Å². The second kappa shape index (κ2) is 5.26. The molecule has 0 saturated carbocycles. The first kappa shape index (κ1) is 12.7. The number of aliphatic carboxylic acids is 1. The van der Waals surface area contributed by atoms with E-state index in [1.54, 1.807) is 6.92 Å². The van der Waals surface area contributed by atoms with Gasteiger partial charge in [0, 0.05) is 19.6 Å². The summed E-state index contributed by atoms with van der Waals surface area (Å²) in [5.41, 5.74) is 0.308. The van der Waals surface area contributed by atoms with Crippen LogP contribution in [0.4, 0.5) is 10.2 Å². The Bertz CT molecular complexity index is 455. The lowest BCUT2D eigenvalue weighted by molar-refractivity contribution is -0.138. The van der Waals surface area contributed by atoms with E-state index in [0.717, 1.165) is 0 Å². The van der Waals surface area contributed by atoms with E-state index in [-0.39, 0.29) is 12.4 Å². The maximum atomic E-state index is 14.1. The summed E-state index contributed by atoms with van der Waals surface area (Å²) in [4.78, 5) is 20.4. The maximum Gasteiger partial charge on any atom is 0.327 e. The van der Waals surface area contributed by atoms with Crippen molar-refractivity contribution in [3.05, 3.63) is 17.8 Å². The lowest BCUT2D eigenvalue weighted by Crippen LogP contribution is -2.55. The number of rotatable bonds is 3. The van der Waals surface area contributed by atoms with Crippen LogP contribution in [-0.2, 0) is 11.2 Å². The average molecular weight is 254 g/mol. The Hall–Kier alpha value is -1.76. The molecule has 6 nitrogen and oxygen atoms in total. The number of aryl methyl sites for hydroxylation is 1. The first-order chi connectivity index (χ1) is 8.65. The van der Waals surface area contributed by atoms with Crippen molar-refractivity contribution in [3.63, 3.8) is 0 Å². The monoisotopic (exact) mass is 254 g/mol. The van der Waals surface area contributed by atoms with E-state index in [1.807, 2.05) is 0 Å². The standard InChI is InChI=1S/C11H15FN4O2/c1-2-7-9(12)10(15-6-14-7)16-4-3-13-5-8(16)11(17)18/h6,8,13H,2-5H2,1H3,(H,17,18). The second-order valence-electron chi connectivity index (χ2n) is 4.06. The number of anilines is 1. The first-order valence-electron chi connectivity index (χ1n) is 5.84. The van der Waals surface area contributed by atoms with Crippen molar-refractivity contribution in [1.29, 1.82) is 0 Å². The molecule has 18 heavy (non-hydrogen) atoms. The predicted molar refractivity (Wildman–Crippen MR) is 63.0 cm³/mol.